The molecular weight excluding hydrogens is 961 g/mol. The van der Waals surface area contributed by atoms with Gasteiger partial charge >= 0.3 is 17.9 Å². The number of hydrogen-bond acceptors (Lipinski definition) is 6. The molecule has 1 atom stereocenters. The van der Waals surface area contributed by atoms with Crippen LogP contribution in [-0.4, -0.2) is 37.2 Å². The molecule has 0 bridgehead atoms. The zero-order chi connectivity index (χ0) is 56.4. The number of hydrogen-bond donors (Lipinski definition) is 0. The van der Waals surface area contributed by atoms with Crippen molar-refractivity contribution in [3.63, 3.8) is 0 Å². The van der Waals surface area contributed by atoms with E-state index in [1.54, 1.807) is 0 Å². The first-order chi connectivity index (χ1) is 38.5. The molecule has 0 aromatic heterocycles. The normalized spacial score (nSPS) is 12.6. The first-order valence-electron chi connectivity index (χ1n) is 33.6. The van der Waals surface area contributed by atoms with Crippen LogP contribution in [0, 0.1) is 0 Å². The smallest absolute Gasteiger partial charge is 0.306 e. The average Bonchev–Trinajstić information content (AvgIpc) is 3.44. The second-order valence-electron chi connectivity index (χ2n) is 22.4. The van der Waals surface area contributed by atoms with Crippen molar-refractivity contribution >= 4 is 17.9 Å². The number of carbonyl (C=O) groups excluding carboxylic acids is 3. The van der Waals surface area contributed by atoms with Crippen molar-refractivity contribution in [3.8, 4) is 0 Å². The Labute approximate surface area is 484 Å². The molecule has 0 fully saturated rings. The van der Waals surface area contributed by atoms with Crippen molar-refractivity contribution in [1.29, 1.82) is 0 Å². The Balaban J connectivity index is 4.20. The molecule has 1 unspecified atom stereocenters. The van der Waals surface area contributed by atoms with Crippen molar-refractivity contribution < 1.29 is 28.6 Å². The van der Waals surface area contributed by atoms with Gasteiger partial charge in [-0.05, 0) is 89.9 Å². The monoisotopic (exact) mass is 1090 g/mol. The third-order valence-corrected chi connectivity index (χ3v) is 14.6. The highest BCUT2D eigenvalue weighted by Crippen LogP contribution is 2.17. The highest BCUT2D eigenvalue weighted by atomic mass is 16.6. The highest BCUT2D eigenvalue weighted by Gasteiger charge is 2.19. The summed E-state index contributed by atoms with van der Waals surface area (Å²) in [6, 6.07) is 0. The van der Waals surface area contributed by atoms with Gasteiger partial charge in [0.15, 0.2) is 6.10 Å². The SMILES string of the molecule is CC/C=C\C/C=C\C/C=C\C/C=C\C/C=C\CCCCCCCCCCCCCCCCCC(=O)OCC(COC(=O)CCCCCCC/C=C\C/C=C\CCCC)OC(=O)CCCCCCCCCCCCCCCCC. The Hall–Kier alpha value is -3.41. The summed E-state index contributed by atoms with van der Waals surface area (Å²) in [5, 5.41) is 0. The number of unbranched alkanes of at least 4 members (excludes halogenated alkanes) is 36. The highest BCUT2D eigenvalue weighted by molar-refractivity contribution is 5.71. The molecule has 0 aliphatic heterocycles. The number of esters is 3. The number of rotatable bonds is 61. The van der Waals surface area contributed by atoms with Crippen molar-refractivity contribution in [3.05, 3.63) is 85.1 Å². The zero-order valence-electron chi connectivity index (χ0n) is 51.7. The molecule has 0 amide bonds. The van der Waals surface area contributed by atoms with Crippen molar-refractivity contribution in [2.24, 2.45) is 0 Å². The summed E-state index contributed by atoms with van der Waals surface area (Å²) in [4.78, 5) is 38.3. The van der Waals surface area contributed by atoms with Gasteiger partial charge in [-0.15, -0.1) is 0 Å². The molecule has 6 nitrogen and oxygen atoms in total. The summed E-state index contributed by atoms with van der Waals surface area (Å²) in [6.07, 6.45) is 87.4. The minimum absolute atomic E-state index is 0.0767. The van der Waals surface area contributed by atoms with Crippen LogP contribution in [0.15, 0.2) is 85.1 Å². The third-order valence-electron chi connectivity index (χ3n) is 14.6. The van der Waals surface area contributed by atoms with Gasteiger partial charge in [-0.2, -0.15) is 0 Å². The lowest BCUT2D eigenvalue weighted by atomic mass is 10.0. The quantitative estimate of drug-likeness (QED) is 0.0261. The van der Waals surface area contributed by atoms with Crippen LogP contribution in [0.5, 0.6) is 0 Å². The molecule has 0 radical (unpaired) electrons. The summed E-state index contributed by atoms with van der Waals surface area (Å²) < 4.78 is 16.9. The van der Waals surface area contributed by atoms with E-state index in [-0.39, 0.29) is 31.1 Å². The molecule has 0 saturated heterocycles. The van der Waals surface area contributed by atoms with E-state index in [9.17, 15) is 14.4 Å². The van der Waals surface area contributed by atoms with Crippen molar-refractivity contribution in [2.45, 2.75) is 341 Å². The van der Waals surface area contributed by atoms with E-state index in [0.717, 1.165) is 109 Å². The maximum Gasteiger partial charge on any atom is 0.306 e. The number of allylic oxidation sites excluding steroid dienone is 14. The fourth-order valence-corrected chi connectivity index (χ4v) is 9.61. The van der Waals surface area contributed by atoms with E-state index in [1.807, 2.05) is 0 Å². The minimum Gasteiger partial charge on any atom is -0.462 e. The molecule has 450 valence electrons. The van der Waals surface area contributed by atoms with E-state index in [1.165, 1.54) is 186 Å². The predicted octanol–water partition coefficient (Wildman–Crippen LogP) is 23.1. The Bertz CT molecular complexity index is 1480. The molecule has 6 heteroatoms. The van der Waals surface area contributed by atoms with Gasteiger partial charge in [-0.25, -0.2) is 0 Å². The van der Waals surface area contributed by atoms with Crippen LogP contribution in [0.4, 0.5) is 0 Å². The Morgan fingerprint density at radius 2 is 0.513 bits per heavy atom. The molecule has 78 heavy (non-hydrogen) atoms. The van der Waals surface area contributed by atoms with Gasteiger partial charge in [-0.1, -0.05) is 311 Å². The maximum atomic E-state index is 12.9. The van der Waals surface area contributed by atoms with Crippen LogP contribution in [0.2, 0.25) is 0 Å². The van der Waals surface area contributed by atoms with Gasteiger partial charge in [0, 0.05) is 19.3 Å². The van der Waals surface area contributed by atoms with Crippen LogP contribution in [0.3, 0.4) is 0 Å². The van der Waals surface area contributed by atoms with E-state index in [2.05, 4.69) is 106 Å². The van der Waals surface area contributed by atoms with Crippen LogP contribution >= 0.6 is 0 Å². The standard InChI is InChI=1S/C72H126O6/c1-4-7-10-13-16-19-22-25-28-29-30-31-32-33-34-35-36-37-38-39-40-41-42-43-45-47-50-53-56-59-62-65-71(74)77-68-69(67-76-70(73)64-61-58-55-52-49-46-27-24-21-18-15-12-9-6-3)78-72(75)66-63-60-57-54-51-48-44-26-23-20-17-14-11-8-5-2/h7,10,15-16,18-19,24-25,27-28,30-31,33-34,69H,4-6,8-9,11-14,17,20-23,26,29,32,35-68H2,1-3H3/b10-7-,18-15-,19-16-,27-24-,28-25-,31-30-,34-33-. The molecule has 0 rings (SSSR count). The molecule has 0 aliphatic carbocycles. The zero-order valence-corrected chi connectivity index (χ0v) is 51.7. The fourth-order valence-electron chi connectivity index (χ4n) is 9.61. The van der Waals surface area contributed by atoms with Crippen LogP contribution in [0.25, 0.3) is 0 Å². The van der Waals surface area contributed by atoms with Gasteiger partial charge < -0.3 is 14.2 Å². The van der Waals surface area contributed by atoms with Gasteiger partial charge in [0.2, 0.25) is 0 Å². The first kappa shape index (κ1) is 74.6. The largest absolute Gasteiger partial charge is 0.462 e. The van der Waals surface area contributed by atoms with E-state index in [4.69, 9.17) is 14.2 Å². The number of carbonyl (C=O) groups is 3. The van der Waals surface area contributed by atoms with Crippen molar-refractivity contribution in [2.75, 3.05) is 13.2 Å². The summed E-state index contributed by atoms with van der Waals surface area (Å²) in [5.74, 6) is -0.874. The molecule has 0 heterocycles. The molecular formula is C72H126O6. The van der Waals surface area contributed by atoms with Crippen LogP contribution in [0.1, 0.15) is 335 Å². The minimum atomic E-state index is -0.780. The predicted molar refractivity (Wildman–Crippen MR) is 339 cm³/mol. The summed E-state index contributed by atoms with van der Waals surface area (Å²) in [7, 11) is 0. The van der Waals surface area contributed by atoms with Gasteiger partial charge in [0.1, 0.15) is 13.2 Å². The molecule has 0 N–H and O–H groups in total. The van der Waals surface area contributed by atoms with Crippen LogP contribution in [-0.2, 0) is 28.6 Å². The average molecular weight is 1090 g/mol. The molecule has 0 aromatic rings. The third kappa shape index (κ3) is 63.4. The van der Waals surface area contributed by atoms with Crippen molar-refractivity contribution in [1.82, 2.24) is 0 Å². The maximum absolute atomic E-state index is 12.9. The Morgan fingerprint density at radius 3 is 0.821 bits per heavy atom. The van der Waals surface area contributed by atoms with E-state index >= 15 is 0 Å². The second kappa shape index (κ2) is 66.1. The Morgan fingerprint density at radius 1 is 0.269 bits per heavy atom. The van der Waals surface area contributed by atoms with E-state index in [0.29, 0.717) is 19.3 Å². The van der Waals surface area contributed by atoms with E-state index < -0.39 is 6.10 Å². The fraction of sp³-hybridized carbons (Fsp3) is 0.764. The summed E-state index contributed by atoms with van der Waals surface area (Å²) in [6.45, 7) is 6.51. The van der Waals surface area contributed by atoms with Gasteiger partial charge in [0.25, 0.3) is 0 Å². The second-order valence-corrected chi connectivity index (χ2v) is 22.4. The molecule has 0 aromatic carbocycles. The molecule has 0 aliphatic rings. The molecule has 0 spiro atoms. The molecule has 0 saturated carbocycles. The lowest BCUT2D eigenvalue weighted by molar-refractivity contribution is -0.167. The van der Waals surface area contributed by atoms with Gasteiger partial charge in [0.05, 0.1) is 0 Å². The number of ether oxygens (including phenoxy) is 3. The lowest BCUT2D eigenvalue weighted by Crippen LogP contribution is -2.30. The Kier molecular flexibility index (Phi) is 63.2. The summed E-state index contributed by atoms with van der Waals surface area (Å²) in [5.41, 5.74) is 0. The topological polar surface area (TPSA) is 78.9 Å². The van der Waals surface area contributed by atoms with Crippen LogP contribution < -0.4 is 0 Å². The van der Waals surface area contributed by atoms with Gasteiger partial charge in [-0.3, -0.25) is 14.4 Å². The first-order valence-corrected chi connectivity index (χ1v) is 33.6. The summed E-state index contributed by atoms with van der Waals surface area (Å²) >= 11 is 0. The lowest BCUT2D eigenvalue weighted by Gasteiger charge is -2.18.